The molecule has 0 aromatic carbocycles. The third kappa shape index (κ3) is 3.96. The Balaban J connectivity index is 2.44. The van der Waals surface area contributed by atoms with Crippen molar-refractivity contribution in [2.24, 2.45) is 0 Å². The summed E-state index contributed by atoms with van der Waals surface area (Å²) in [4.78, 5) is 16.5. The summed E-state index contributed by atoms with van der Waals surface area (Å²) in [6, 6.07) is 0.570. The average molecular weight is 242 g/mol. The zero-order valence-corrected chi connectivity index (χ0v) is 11.6. The van der Waals surface area contributed by atoms with E-state index in [-0.39, 0.29) is 12.0 Å². The normalized spacial score (nSPS) is 19.7. The molecule has 1 amide bonds. The van der Waals surface area contributed by atoms with Crippen LogP contribution in [0.25, 0.3) is 0 Å². The molecule has 100 valence electrons. The summed E-state index contributed by atoms with van der Waals surface area (Å²) in [6.07, 6.45) is 1.56. The van der Waals surface area contributed by atoms with Gasteiger partial charge in [-0.3, -0.25) is 9.69 Å². The molecule has 1 aliphatic rings. The lowest BCUT2D eigenvalue weighted by Crippen LogP contribution is -2.53. The lowest BCUT2D eigenvalue weighted by Gasteiger charge is -2.38. The number of methoxy groups -OCH3 is 1. The minimum Gasteiger partial charge on any atom is -0.372 e. The molecule has 1 unspecified atom stereocenters. The zero-order valence-electron chi connectivity index (χ0n) is 11.6. The first-order valence-corrected chi connectivity index (χ1v) is 6.65. The molecule has 0 aromatic rings. The lowest BCUT2D eigenvalue weighted by molar-refractivity contribution is -0.144. The summed E-state index contributed by atoms with van der Waals surface area (Å²) < 4.78 is 5.28. The van der Waals surface area contributed by atoms with Gasteiger partial charge in [0, 0.05) is 39.3 Å². The molecule has 0 spiro atoms. The smallest absolute Gasteiger partial charge is 0.251 e. The number of hydrogen-bond acceptors (Lipinski definition) is 3. The summed E-state index contributed by atoms with van der Waals surface area (Å²) in [6.45, 7) is 10.1. The monoisotopic (exact) mass is 242 g/mol. The molecule has 4 heteroatoms. The Hall–Kier alpha value is -0.610. The van der Waals surface area contributed by atoms with E-state index in [1.54, 1.807) is 7.11 Å². The maximum Gasteiger partial charge on any atom is 0.251 e. The van der Waals surface area contributed by atoms with E-state index in [0.29, 0.717) is 6.04 Å². The Morgan fingerprint density at radius 1 is 1.24 bits per heavy atom. The van der Waals surface area contributed by atoms with Crippen LogP contribution >= 0.6 is 0 Å². The summed E-state index contributed by atoms with van der Waals surface area (Å²) in [7, 11) is 1.63. The van der Waals surface area contributed by atoms with Crippen LogP contribution in [-0.4, -0.2) is 61.1 Å². The molecule has 0 saturated carbocycles. The molecule has 1 rings (SSSR count). The van der Waals surface area contributed by atoms with Gasteiger partial charge in [0.1, 0.15) is 6.10 Å². The molecule has 17 heavy (non-hydrogen) atoms. The van der Waals surface area contributed by atoms with Gasteiger partial charge in [0.2, 0.25) is 0 Å². The number of nitrogens with zero attached hydrogens (tertiary/aromatic N) is 2. The molecular weight excluding hydrogens is 216 g/mol. The highest BCUT2D eigenvalue weighted by atomic mass is 16.5. The number of hydrogen-bond donors (Lipinski definition) is 0. The number of carbonyl (C=O) groups excluding carboxylic acids is 1. The van der Waals surface area contributed by atoms with E-state index in [2.05, 4.69) is 25.7 Å². The van der Waals surface area contributed by atoms with Gasteiger partial charge in [-0.15, -0.1) is 0 Å². The molecule has 4 nitrogen and oxygen atoms in total. The molecule has 0 aliphatic carbocycles. The van der Waals surface area contributed by atoms with Crippen molar-refractivity contribution in [2.45, 2.75) is 45.8 Å². The highest BCUT2D eigenvalue weighted by Crippen LogP contribution is 2.10. The molecule has 1 heterocycles. The van der Waals surface area contributed by atoms with Crippen molar-refractivity contribution >= 4 is 5.91 Å². The molecule has 1 saturated heterocycles. The van der Waals surface area contributed by atoms with Crippen molar-refractivity contribution in [3.63, 3.8) is 0 Å². The second kappa shape index (κ2) is 6.97. The Bertz CT molecular complexity index is 236. The minimum absolute atomic E-state index is 0.165. The van der Waals surface area contributed by atoms with Crippen LogP contribution in [0.4, 0.5) is 0 Å². The summed E-state index contributed by atoms with van der Waals surface area (Å²) in [5, 5.41) is 0. The summed E-state index contributed by atoms with van der Waals surface area (Å²) in [5.74, 6) is 0.165. The van der Waals surface area contributed by atoms with Gasteiger partial charge in [-0.25, -0.2) is 0 Å². The van der Waals surface area contributed by atoms with Crippen LogP contribution in [0.1, 0.15) is 33.6 Å². The fourth-order valence-electron chi connectivity index (χ4n) is 2.27. The highest BCUT2D eigenvalue weighted by Gasteiger charge is 2.27. The van der Waals surface area contributed by atoms with Crippen molar-refractivity contribution in [1.82, 2.24) is 9.80 Å². The molecule has 0 radical (unpaired) electrons. The Kier molecular flexibility index (Phi) is 5.92. The van der Waals surface area contributed by atoms with Gasteiger partial charge in [0.05, 0.1) is 0 Å². The van der Waals surface area contributed by atoms with E-state index in [1.165, 1.54) is 0 Å². The van der Waals surface area contributed by atoms with Crippen LogP contribution < -0.4 is 0 Å². The Labute approximate surface area is 105 Å². The quantitative estimate of drug-likeness (QED) is 0.729. The van der Waals surface area contributed by atoms with Crippen molar-refractivity contribution in [1.29, 1.82) is 0 Å². The Morgan fingerprint density at radius 2 is 1.82 bits per heavy atom. The van der Waals surface area contributed by atoms with Gasteiger partial charge < -0.3 is 9.64 Å². The van der Waals surface area contributed by atoms with E-state index in [1.807, 2.05) is 4.90 Å². The molecule has 0 aromatic heterocycles. The van der Waals surface area contributed by atoms with E-state index >= 15 is 0 Å². The molecule has 1 atom stereocenters. The fraction of sp³-hybridized carbons (Fsp3) is 0.923. The van der Waals surface area contributed by atoms with Crippen LogP contribution in [0.2, 0.25) is 0 Å². The third-order valence-electron chi connectivity index (χ3n) is 3.47. The zero-order chi connectivity index (χ0) is 12.8. The number of piperazine rings is 1. The van der Waals surface area contributed by atoms with Gasteiger partial charge in [-0.05, 0) is 20.3 Å². The van der Waals surface area contributed by atoms with Gasteiger partial charge in [-0.2, -0.15) is 0 Å². The predicted molar refractivity (Wildman–Crippen MR) is 69.0 cm³/mol. The third-order valence-corrected chi connectivity index (χ3v) is 3.47. The Morgan fingerprint density at radius 3 is 2.24 bits per heavy atom. The minimum atomic E-state index is -0.245. The first kappa shape index (κ1) is 14.5. The second-order valence-electron chi connectivity index (χ2n) is 4.97. The number of amides is 1. The summed E-state index contributed by atoms with van der Waals surface area (Å²) >= 11 is 0. The molecule has 1 aliphatic heterocycles. The first-order chi connectivity index (χ1) is 8.10. The van der Waals surface area contributed by atoms with Gasteiger partial charge in [0.15, 0.2) is 0 Å². The van der Waals surface area contributed by atoms with Crippen LogP contribution in [-0.2, 0) is 9.53 Å². The molecule has 0 bridgehead atoms. The number of carbonyl (C=O) groups is 1. The SMILES string of the molecule is CCCC(OC)C(=O)N1CCN(C(C)C)CC1. The van der Waals surface area contributed by atoms with E-state index in [4.69, 9.17) is 4.74 Å². The van der Waals surface area contributed by atoms with Gasteiger partial charge >= 0.3 is 0 Å². The molecular formula is C13H26N2O2. The van der Waals surface area contributed by atoms with Gasteiger partial charge in [-0.1, -0.05) is 13.3 Å². The molecule has 1 fully saturated rings. The van der Waals surface area contributed by atoms with Gasteiger partial charge in [0.25, 0.3) is 5.91 Å². The number of ether oxygens (including phenoxy) is 1. The number of rotatable bonds is 5. The standard InChI is InChI=1S/C13H26N2O2/c1-5-6-12(17-4)13(16)15-9-7-14(8-10-15)11(2)3/h11-12H,5-10H2,1-4H3. The van der Waals surface area contributed by atoms with E-state index in [0.717, 1.165) is 39.0 Å². The molecule has 0 N–H and O–H groups in total. The highest BCUT2D eigenvalue weighted by molar-refractivity contribution is 5.81. The average Bonchev–Trinajstić information content (AvgIpc) is 2.35. The maximum atomic E-state index is 12.2. The van der Waals surface area contributed by atoms with E-state index < -0.39 is 0 Å². The van der Waals surface area contributed by atoms with E-state index in [9.17, 15) is 4.79 Å². The largest absolute Gasteiger partial charge is 0.372 e. The van der Waals surface area contributed by atoms with Crippen LogP contribution in [0.5, 0.6) is 0 Å². The topological polar surface area (TPSA) is 32.8 Å². The van der Waals surface area contributed by atoms with Crippen LogP contribution in [0.15, 0.2) is 0 Å². The van der Waals surface area contributed by atoms with Crippen molar-refractivity contribution in [2.75, 3.05) is 33.3 Å². The fourth-order valence-corrected chi connectivity index (χ4v) is 2.27. The maximum absolute atomic E-state index is 12.2. The lowest BCUT2D eigenvalue weighted by atomic mass is 10.1. The van der Waals surface area contributed by atoms with Crippen molar-refractivity contribution in [3.05, 3.63) is 0 Å². The predicted octanol–water partition coefficient (Wildman–Crippen LogP) is 1.35. The van der Waals surface area contributed by atoms with Crippen LogP contribution in [0.3, 0.4) is 0 Å². The second-order valence-corrected chi connectivity index (χ2v) is 4.97. The van der Waals surface area contributed by atoms with Crippen molar-refractivity contribution in [3.8, 4) is 0 Å². The van der Waals surface area contributed by atoms with Crippen molar-refractivity contribution < 1.29 is 9.53 Å². The summed E-state index contributed by atoms with van der Waals surface area (Å²) in [5.41, 5.74) is 0. The first-order valence-electron chi connectivity index (χ1n) is 6.65. The van der Waals surface area contributed by atoms with Crippen LogP contribution in [0, 0.1) is 0 Å².